The number of benzene rings is 2. The van der Waals surface area contributed by atoms with Gasteiger partial charge < -0.3 is 4.74 Å². The van der Waals surface area contributed by atoms with Crippen molar-refractivity contribution in [2.75, 3.05) is 33.3 Å². The maximum atomic E-state index is 12.8. The lowest BCUT2D eigenvalue weighted by Gasteiger charge is -2.34. The molecule has 7 heteroatoms. The highest BCUT2D eigenvalue weighted by atomic mass is 79.9. The Morgan fingerprint density at radius 1 is 1.00 bits per heavy atom. The van der Waals surface area contributed by atoms with Crippen molar-refractivity contribution in [1.82, 2.24) is 9.21 Å². The Morgan fingerprint density at radius 2 is 1.64 bits per heavy atom. The van der Waals surface area contributed by atoms with E-state index >= 15 is 0 Å². The Morgan fingerprint density at radius 3 is 2.24 bits per heavy atom. The predicted octanol–water partition coefficient (Wildman–Crippen LogP) is 2.96. The number of piperazine rings is 1. The average Bonchev–Trinajstić information content (AvgIpc) is 2.64. The quantitative estimate of drug-likeness (QED) is 0.739. The van der Waals surface area contributed by atoms with Gasteiger partial charge in [0.05, 0.1) is 12.0 Å². The summed E-state index contributed by atoms with van der Waals surface area (Å²) < 4.78 is 33.3. The average molecular weight is 425 g/mol. The van der Waals surface area contributed by atoms with Crippen LogP contribution in [0.1, 0.15) is 5.56 Å². The van der Waals surface area contributed by atoms with Crippen molar-refractivity contribution < 1.29 is 13.2 Å². The van der Waals surface area contributed by atoms with E-state index < -0.39 is 10.0 Å². The van der Waals surface area contributed by atoms with Gasteiger partial charge in [0.25, 0.3) is 0 Å². The van der Waals surface area contributed by atoms with Crippen LogP contribution in [0.3, 0.4) is 0 Å². The highest BCUT2D eigenvalue weighted by Crippen LogP contribution is 2.22. The summed E-state index contributed by atoms with van der Waals surface area (Å²) in [6.45, 7) is 3.25. The van der Waals surface area contributed by atoms with Gasteiger partial charge in [-0.1, -0.05) is 34.1 Å². The summed E-state index contributed by atoms with van der Waals surface area (Å²) in [5, 5.41) is 0. The number of hydrogen-bond donors (Lipinski definition) is 0. The summed E-state index contributed by atoms with van der Waals surface area (Å²) in [4.78, 5) is 2.59. The van der Waals surface area contributed by atoms with Gasteiger partial charge in [0.2, 0.25) is 10.0 Å². The first kappa shape index (κ1) is 18.4. The number of nitrogens with zero attached hydrogens (tertiary/aromatic N) is 2. The van der Waals surface area contributed by atoms with E-state index in [2.05, 4.69) is 26.9 Å². The second-order valence-corrected chi connectivity index (χ2v) is 8.74. The third-order valence-corrected chi connectivity index (χ3v) is 7.07. The summed E-state index contributed by atoms with van der Waals surface area (Å²) in [6.07, 6.45) is 0. The molecule has 0 aromatic heterocycles. The van der Waals surface area contributed by atoms with Crippen LogP contribution in [0.4, 0.5) is 0 Å². The lowest BCUT2D eigenvalue weighted by Crippen LogP contribution is -2.48. The Labute approximate surface area is 157 Å². The number of methoxy groups -OCH3 is 1. The molecule has 0 amide bonds. The van der Waals surface area contributed by atoms with Crippen molar-refractivity contribution in [3.05, 3.63) is 58.6 Å². The predicted molar refractivity (Wildman–Crippen MR) is 101 cm³/mol. The molecular weight excluding hydrogens is 404 g/mol. The van der Waals surface area contributed by atoms with Crippen molar-refractivity contribution in [2.45, 2.75) is 11.4 Å². The highest BCUT2D eigenvalue weighted by molar-refractivity contribution is 9.10. The van der Waals surface area contributed by atoms with Crippen LogP contribution in [0.5, 0.6) is 5.75 Å². The van der Waals surface area contributed by atoms with Crippen LogP contribution in [0, 0.1) is 0 Å². The number of hydrogen-bond acceptors (Lipinski definition) is 4. The van der Waals surface area contributed by atoms with Gasteiger partial charge in [0.1, 0.15) is 5.75 Å². The Kier molecular flexibility index (Phi) is 5.78. The summed E-state index contributed by atoms with van der Waals surface area (Å²) in [5.41, 5.74) is 1.22. The molecule has 5 nitrogen and oxygen atoms in total. The third kappa shape index (κ3) is 4.23. The van der Waals surface area contributed by atoms with Gasteiger partial charge in [0.15, 0.2) is 0 Å². The first-order chi connectivity index (χ1) is 12.0. The normalized spacial score (nSPS) is 16.7. The van der Waals surface area contributed by atoms with E-state index in [9.17, 15) is 8.42 Å². The van der Waals surface area contributed by atoms with E-state index in [0.29, 0.717) is 23.7 Å². The van der Waals surface area contributed by atoms with Gasteiger partial charge in [-0.3, -0.25) is 4.90 Å². The SMILES string of the molecule is COc1ccc(S(=O)(=O)N2CCN(Cc3ccccc3Br)CC2)cc1. The molecule has 1 heterocycles. The fraction of sp³-hybridized carbons (Fsp3) is 0.333. The monoisotopic (exact) mass is 424 g/mol. The molecule has 0 bridgehead atoms. The summed E-state index contributed by atoms with van der Waals surface area (Å²) in [7, 11) is -1.89. The van der Waals surface area contributed by atoms with E-state index in [1.807, 2.05) is 18.2 Å². The number of ether oxygens (including phenoxy) is 1. The highest BCUT2D eigenvalue weighted by Gasteiger charge is 2.28. The fourth-order valence-electron chi connectivity index (χ4n) is 2.89. The maximum absolute atomic E-state index is 12.8. The number of sulfonamides is 1. The van der Waals surface area contributed by atoms with Crippen molar-refractivity contribution >= 4 is 26.0 Å². The summed E-state index contributed by atoms with van der Waals surface area (Å²) in [6, 6.07) is 14.7. The maximum Gasteiger partial charge on any atom is 0.243 e. The number of halogens is 1. The summed E-state index contributed by atoms with van der Waals surface area (Å²) in [5.74, 6) is 0.650. The second kappa shape index (κ2) is 7.86. The molecule has 0 unspecified atom stereocenters. The minimum absolute atomic E-state index is 0.313. The molecule has 0 N–H and O–H groups in total. The van der Waals surface area contributed by atoms with Gasteiger partial charge in [0, 0.05) is 37.2 Å². The minimum Gasteiger partial charge on any atom is -0.497 e. The molecule has 0 spiro atoms. The first-order valence-electron chi connectivity index (χ1n) is 8.10. The molecule has 1 fully saturated rings. The van der Waals surface area contributed by atoms with Crippen molar-refractivity contribution in [2.24, 2.45) is 0 Å². The van der Waals surface area contributed by atoms with Crippen LogP contribution < -0.4 is 4.74 Å². The summed E-state index contributed by atoms with van der Waals surface area (Å²) >= 11 is 3.57. The largest absolute Gasteiger partial charge is 0.497 e. The molecule has 1 aliphatic heterocycles. The lowest BCUT2D eigenvalue weighted by atomic mass is 10.2. The van der Waals surface area contributed by atoms with Crippen LogP contribution in [0.2, 0.25) is 0 Å². The van der Waals surface area contributed by atoms with E-state index in [-0.39, 0.29) is 0 Å². The molecule has 0 atom stereocenters. The molecular formula is C18H21BrN2O3S. The molecule has 0 radical (unpaired) electrons. The zero-order valence-electron chi connectivity index (χ0n) is 14.1. The zero-order valence-corrected chi connectivity index (χ0v) is 16.5. The van der Waals surface area contributed by atoms with Crippen LogP contribution in [0.25, 0.3) is 0 Å². The topological polar surface area (TPSA) is 49.9 Å². The molecule has 1 aliphatic rings. The lowest BCUT2D eigenvalue weighted by molar-refractivity contribution is 0.181. The smallest absolute Gasteiger partial charge is 0.243 e. The van der Waals surface area contributed by atoms with Crippen LogP contribution in [-0.4, -0.2) is 50.9 Å². The van der Waals surface area contributed by atoms with Crippen molar-refractivity contribution in [1.29, 1.82) is 0 Å². The third-order valence-electron chi connectivity index (χ3n) is 4.38. The number of rotatable bonds is 5. The molecule has 2 aromatic rings. The van der Waals surface area contributed by atoms with Gasteiger partial charge in [-0.15, -0.1) is 0 Å². The molecule has 1 saturated heterocycles. The zero-order chi connectivity index (χ0) is 17.9. The van der Waals surface area contributed by atoms with E-state index in [1.54, 1.807) is 35.7 Å². The second-order valence-electron chi connectivity index (χ2n) is 5.95. The van der Waals surface area contributed by atoms with Gasteiger partial charge in [-0.05, 0) is 35.9 Å². The fourth-order valence-corrected chi connectivity index (χ4v) is 4.72. The van der Waals surface area contributed by atoms with Crippen molar-refractivity contribution in [3.8, 4) is 5.75 Å². The molecule has 134 valence electrons. The standard InChI is InChI=1S/C18H21BrN2O3S/c1-24-16-6-8-17(9-7-16)25(22,23)21-12-10-20(11-13-21)14-15-4-2-3-5-18(15)19/h2-9H,10-14H2,1H3. The Hall–Kier alpha value is -1.41. The van der Waals surface area contributed by atoms with E-state index in [4.69, 9.17) is 4.74 Å². The van der Waals surface area contributed by atoms with Gasteiger partial charge >= 0.3 is 0 Å². The van der Waals surface area contributed by atoms with E-state index in [1.165, 1.54) is 5.56 Å². The Bertz CT molecular complexity index is 816. The Balaban J connectivity index is 1.64. The first-order valence-corrected chi connectivity index (χ1v) is 10.3. The molecule has 0 saturated carbocycles. The van der Waals surface area contributed by atoms with Crippen LogP contribution >= 0.6 is 15.9 Å². The van der Waals surface area contributed by atoms with Gasteiger partial charge in [-0.2, -0.15) is 4.31 Å². The molecule has 3 rings (SSSR count). The van der Waals surface area contributed by atoms with Crippen LogP contribution in [0.15, 0.2) is 57.9 Å². The van der Waals surface area contributed by atoms with Gasteiger partial charge in [-0.25, -0.2) is 8.42 Å². The van der Waals surface area contributed by atoms with Crippen LogP contribution in [-0.2, 0) is 16.6 Å². The minimum atomic E-state index is -3.45. The van der Waals surface area contributed by atoms with E-state index in [0.717, 1.165) is 24.1 Å². The van der Waals surface area contributed by atoms with Crippen molar-refractivity contribution in [3.63, 3.8) is 0 Å². The molecule has 25 heavy (non-hydrogen) atoms. The molecule has 0 aliphatic carbocycles. The molecule has 2 aromatic carbocycles.